The summed E-state index contributed by atoms with van der Waals surface area (Å²) in [7, 11) is 0. The van der Waals surface area contributed by atoms with E-state index in [0.717, 1.165) is 17.8 Å². The molecular formula is C20H24N2O3. The first-order valence-electron chi connectivity index (χ1n) is 8.60. The van der Waals surface area contributed by atoms with Crippen LogP contribution in [-0.2, 0) is 4.74 Å². The molecule has 25 heavy (non-hydrogen) atoms. The highest BCUT2D eigenvalue weighted by Crippen LogP contribution is 2.31. The number of ether oxygens (including phenoxy) is 1. The molecule has 0 bridgehead atoms. The van der Waals surface area contributed by atoms with Crippen molar-refractivity contribution in [3.05, 3.63) is 60.2 Å². The van der Waals surface area contributed by atoms with Crippen LogP contribution in [0, 0.1) is 5.41 Å². The second-order valence-electron chi connectivity index (χ2n) is 6.50. The molecule has 2 aromatic rings. The van der Waals surface area contributed by atoms with Crippen LogP contribution in [0.4, 0.5) is 11.4 Å². The van der Waals surface area contributed by atoms with Crippen LogP contribution in [0.1, 0.15) is 23.2 Å². The molecular weight excluding hydrogens is 316 g/mol. The lowest BCUT2D eigenvalue weighted by Crippen LogP contribution is -2.39. The van der Waals surface area contributed by atoms with E-state index in [-0.39, 0.29) is 17.9 Å². The van der Waals surface area contributed by atoms with Gasteiger partial charge in [-0.15, -0.1) is 0 Å². The molecule has 2 aromatic carbocycles. The van der Waals surface area contributed by atoms with Crippen molar-refractivity contribution < 1.29 is 14.6 Å². The van der Waals surface area contributed by atoms with E-state index in [9.17, 15) is 9.90 Å². The quantitative estimate of drug-likeness (QED) is 0.725. The van der Waals surface area contributed by atoms with E-state index >= 15 is 0 Å². The van der Waals surface area contributed by atoms with Crippen LogP contribution < -0.4 is 10.6 Å². The van der Waals surface area contributed by atoms with Gasteiger partial charge in [0.1, 0.15) is 0 Å². The molecule has 0 saturated carbocycles. The Morgan fingerprint density at radius 1 is 1.12 bits per heavy atom. The number of amides is 1. The summed E-state index contributed by atoms with van der Waals surface area (Å²) >= 11 is 0. The van der Waals surface area contributed by atoms with Gasteiger partial charge < -0.3 is 20.5 Å². The molecule has 0 aromatic heterocycles. The molecule has 1 unspecified atom stereocenters. The van der Waals surface area contributed by atoms with E-state index in [0.29, 0.717) is 31.7 Å². The second-order valence-corrected chi connectivity index (χ2v) is 6.50. The van der Waals surface area contributed by atoms with Crippen molar-refractivity contribution in [2.75, 3.05) is 31.7 Å². The Morgan fingerprint density at radius 3 is 2.60 bits per heavy atom. The average Bonchev–Trinajstić information content (AvgIpc) is 3.10. The van der Waals surface area contributed by atoms with Crippen molar-refractivity contribution in [2.24, 2.45) is 5.41 Å². The fourth-order valence-corrected chi connectivity index (χ4v) is 3.14. The SMILES string of the molecule is O=C(NCC1(CCO)CCOC1)c1ccccc1Nc1ccccc1. The molecule has 1 atom stereocenters. The molecule has 1 amide bonds. The number of anilines is 2. The van der Waals surface area contributed by atoms with Gasteiger partial charge >= 0.3 is 0 Å². The Morgan fingerprint density at radius 2 is 1.88 bits per heavy atom. The van der Waals surface area contributed by atoms with Crippen LogP contribution in [0.5, 0.6) is 0 Å². The number of benzene rings is 2. The van der Waals surface area contributed by atoms with Gasteiger partial charge in [-0.3, -0.25) is 4.79 Å². The third kappa shape index (κ3) is 4.38. The predicted molar refractivity (Wildman–Crippen MR) is 98.1 cm³/mol. The third-order valence-corrected chi connectivity index (χ3v) is 4.68. The summed E-state index contributed by atoms with van der Waals surface area (Å²) in [4.78, 5) is 12.7. The van der Waals surface area contributed by atoms with Gasteiger partial charge in [-0.25, -0.2) is 0 Å². The zero-order valence-electron chi connectivity index (χ0n) is 14.2. The number of aliphatic hydroxyl groups excluding tert-OH is 1. The summed E-state index contributed by atoms with van der Waals surface area (Å²) in [6, 6.07) is 17.2. The molecule has 1 fully saturated rings. The van der Waals surface area contributed by atoms with E-state index in [1.54, 1.807) is 0 Å². The van der Waals surface area contributed by atoms with Gasteiger partial charge in [0.25, 0.3) is 5.91 Å². The molecule has 5 nitrogen and oxygen atoms in total. The van der Waals surface area contributed by atoms with Crippen LogP contribution in [0.25, 0.3) is 0 Å². The van der Waals surface area contributed by atoms with E-state index in [4.69, 9.17) is 4.74 Å². The van der Waals surface area contributed by atoms with Crippen LogP contribution in [-0.4, -0.2) is 37.4 Å². The first kappa shape index (κ1) is 17.5. The maximum atomic E-state index is 12.7. The van der Waals surface area contributed by atoms with E-state index < -0.39 is 0 Å². The third-order valence-electron chi connectivity index (χ3n) is 4.68. The van der Waals surface area contributed by atoms with Gasteiger partial charge in [0, 0.05) is 30.9 Å². The van der Waals surface area contributed by atoms with Gasteiger partial charge in [-0.05, 0) is 37.1 Å². The van der Waals surface area contributed by atoms with Crippen molar-refractivity contribution in [3.63, 3.8) is 0 Å². The minimum absolute atomic E-state index is 0.103. The highest BCUT2D eigenvalue weighted by molar-refractivity contribution is 6.00. The Kier molecular flexibility index (Phi) is 5.68. The van der Waals surface area contributed by atoms with Gasteiger partial charge in [-0.2, -0.15) is 0 Å². The molecule has 1 aliphatic rings. The Bertz CT molecular complexity index is 697. The molecule has 132 valence electrons. The lowest BCUT2D eigenvalue weighted by molar-refractivity contribution is 0.0890. The topological polar surface area (TPSA) is 70.6 Å². The number of hydrogen-bond acceptors (Lipinski definition) is 4. The minimum Gasteiger partial charge on any atom is -0.396 e. The standard InChI is InChI=1S/C20H24N2O3/c23-12-10-20(11-13-25-15-20)14-21-19(24)17-8-4-5-9-18(17)22-16-6-2-1-3-7-16/h1-9,22-23H,10-15H2,(H,21,24). The maximum Gasteiger partial charge on any atom is 0.253 e. The summed E-state index contributed by atoms with van der Waals surface area (Å²) in [6.45, 7) is 1.87. The number of carbonyl (C=O) groups is 1. The van der Waals surface area contributed by atoms with Crippen molar-refractivity contribution in [3.8, 4) is 0 Å². The fraction of sp³-hybridized carbons (Fsp3) is 0.350. The minimum atomic E-state index is -0.161. The molecule has 3 N–H and O–H groups in total. The van der Waals surface area contributed by atoms with Crippen molar-refractivity contribution in [1.29, 1.82) is 0 Å². The zero-order valence-corrected chi connectivity index (χ0v) is 14.2. The molecule has 5 heteroatoms. The monoisotopic (exact) mass is 340 g/mol. The van der Waals surface area contributed by atoms with E-state index in [1.165, 1.54) is 0 Å². The highest BCUT2D eigenvalue weighted by Gasteiger charge is 2.34. The summed E-state index contributed by atoms with van der Waals surface area (Å²) < 4.78 is 5.48. The van der Waals surface area contributed by atoms with Crippen molar-refractivity contribution in [1.82, 2.24) is 5.32 Å². The number of para-hydroxylation sites is 2. The predicted octanol–water partition coefficient (Wildman–Crippen LogP) is 2.95. The van der Waals surface area contributed by atoms with Crippen LogP contribution in [0.3, 0.4) is 0 Å². The zero-order chi connectivity index (χ0) is 17.5. The van der Waals surface area contributed by atoms with Gasteiger partial charge in [0.2, 0.25) is 0 Å². The largest absolute Gasteiger partial charge is 0.396 e. The molecule has 0 spiro atoms. The second kappa shape index (κ2) is 8.14. The molecule has 1 aliphatic heterocycles. The van der Waals surface area contributed by atoms with Gasteiger partial charge in [-0.1, -0.05) is 30.3 Å². The van der Waals surface area contributed by atoms with Crippen LogP contribution >= 0.6 is 0 Å². The molecule has 0 radical (unpaired) electrons. The van der Waals surface area contributed by atoms with Crippen molar-refractivity contribution >= 4 is 17.3 Å². The highest BCUT2D eigenvalue weighted by atomic mass is 16.5. The summed E-state index contributed by atoms with van der Waals surface area (Å²) in [5.74, 6) is -0.122. The molecule has 1 heterocycles. The number of carbonyl (C=O) groups excluding carboxylic acids is 1. The smallest absolute Gasteiger partial charge is 0.253 e. The number of rotatable bonds is 7. The number of nitrogens with one attached hydrogen (secondary N) is 2. The summed E-state index contributed by atoms with van der Waals surface area (Å²) in [5.41, 5.74) is 2.14. The Hall–Kier alpha value is -2.37. The van der Waals surface area contributed by atoms with E-state index in [1.807, 2.05) is 54.6 Å². The lowest BCUT2D eigenvalue weighted by atomic mass is 9.84. The van der Waals surface area contributed by atoms with Crippen LogP contribution in [0.15, 0.2) is 54.6 Å². The maximum absolute atomic E-state index is 12.7. The molecule has 1 saturated heterocycles. The Labute approximate surface area is 148 Å². The van der Waals surface area contributed by atoms with Crippen molar-refractivity contribution in [2.45, 2.75) is 12.8 Å². The molecule has 3 rings (SSSR count). The van der Waals surface area contributed by atoms with Gasteiger partial charge in [0.05, 0.1) is 17.9 Å². The first-order chi connectivity index (χ1) is 12.2. The first-order valence-corrected chi connectivity index (χ1v) is 8.60. The number of aliphatic hydroxyl groups is 1. The molecule has 0 aliphatic carbocycles. The van der Waals surface area contributed by atoms with Gasteiger partial charge in [0.15, 0.2) is 0 Å². The summed E-state index contributed by atoms with van der Waals surface area (Å²) in [6.07, 6.45) is 1.49. The number of hydrogen-bond donors (Lipinski definition) is 3. The average molecular weight is 340 g/mol. The van der Waals surface area contributed by atoms with E-state index in [2.05, 4.69) is 10.6 Å². The Balaban J connectivity index is 1.70. The van der Waals surface area contributed by atoms with Crippen LogP contribution in [0.2, 0.25) is 0 Å². The normalized spacial score (nSPS) is 19.6. The fourth-order valence-electron chi connectivity index (χ4n) is 3.14. The summed E-state index contributed by atoms with van der Waals surface area (Å²) in [5, 5.41) is 15.6. The lowest BCUT2D eigenvalue weighted by Gasteiger charge is -2.27.